The maximum absolute atomic E-state index is 13.6. The minimum atomic E-state index is -1.11. The van der Waals surface area contributed by atoms with E-state index in [1.54, 1.807) is 6.07 Å². The monoisotopic (exact) mass is 238 g/mol. The average molecular weight is 238 g/mol. The second-order valence-electron chi connectivity index (χ2n) is 4.39. The molecule has 2 rings (SSSR count). The largest absolute Gasteiger partial charge is 0.379 e. The first-order valence-corrected chi connectivity index (χ1v) is 5.30. The molecule has 1 aliphatic rings. The Bertz CT molecular complexity index is 476. The number of nitrogens with zero attached hydrogens (tertiary/aromatic N) is 1. The number of halogens is 2. The number of nitrogens with one attached hydrogen (secondary N) is 1. The van der Waals surface area contributed by atoms with Gasteiger partial charge in [0.15, 0.2) is 11.6 Å². The molecule has 1 aromatic rings. The fraction of sp³-hybridized carbons (Fsp3) is 0.417. The van der Waals surface area contributed by atoms with E-state index in [1.165, 1.54) is 12.1 Å². The van der Waals surface area contributed by atoms with Gasteiger partial charge in [-0.3, -0.25) is 0 Å². The Balaban J connectivity index is 2.28. The molecule has 1 heterocycles. The molecule has 1 N–H and O–H groups in total. The summed E-state index contributed by atoms with van der Waals surface area (Å²) >= 11 is 0. The van der Waals surface area contributed by atoms with Crippen LogP contribution in [0.4, 0.5) is 14.5 Å². The summed E-state index contributed by atoms with van der Waals surface area (Å²) in [6.45, 7) is 2.94. The van der Waals surface area contributed by atoms with E-state index in [9.17, 15) is 8.78 Å². The Morgan fingerprint density at radius 1 is 1.41 bits per heavy atom. The predicted octanol–water partition coefficient (Wildman–Crippen LogP) is 2.43. The van der Waals surface area contributed by atoms with Crippen LogP contribution in [0.5, 0.6) is 0 Å². The van der Waals surface area contributed by atoms with Gasteiger partial charge in [0.2, 0.25) is 0 Å². The zero-order valence-electron chi connectivity index (χ0n) is 9.39. The van der Waals surface area contributed by atoms with Crippen molar-refractivity contribution in [1.29, 1.82) is 5.26 Å². The van der Waals surface area contributed by atoms with Crippen molar-refractivity contribution in [1.82, 2.24) is 0 Å². The molecule has 90 valence electrons. The van der Waals surface area contributed by atoms with Crippen LogP contribution in [0.3, 0.4) is 0 Å². The predicted molar refractivity (Wildman–Crippen MR) is 58.5 cm³/mol. The fourth-order valence-corrected chi connectivity index (χ4v) is 1.82. The summed E-state index contributed by atoms with van der Waals surface area (Å²) < 4.78 is 32.3. The number of nitriles is 1. The second-order valence-corrected chi connectivity index (χ2v) is 4.39. The van der Waals surface area contributed by atoms with Crippen molar-refractivity contribution in [3.8, 4) is 6.07 Å². The van der Waals surface area contributed by atoms with Gasteiger partial charge in [-0.1, -0.05) is 0 Å². The molecule has 0 aromatic heterocycles. The molecule has 1 saturated heterocycles. The number of ether oxygens (including phenoxy) is 1. The normalized spacial score (nSPS) is 23.4. The molecule has 1 unspecified atom stereocenters. The first-order chi connectivity index (χ1) is 8.06. The van der Waals surface area contributed by atoms with Crippen LogP contribution < -0.4 is 5.32 Å². The third-order valence-corrected chi connectivity index (χ3v) is 2.86. The van der Waals surface area contributed by atoms with Crippen LogP contribution in [0.15, 0.2) is 12.1 Å². The van der Waals surface area contributed by atoms with E-state index in [2.05, 4.69) is 5.32 Å². The minimum Gasteiger partial charge on any atom is -0.379 e. The molecular formula is C12H12F2N2O. The van der Waals surface area contributed by atoms with E-state index < -0.39 is 11.6 Å². The molecule has 3 nitrogen and oxygen atoms in total. The zero-order chi connectivity index (χ0) is 12.5. The third-order valence-electron chi connectivity index (χ3n) is 2.86. The highest BCUT2D eigenvalue weighted by Crippen LogP contribution is 2.27. The molecule has 1 aliphatic heterocycles. The Labute approximate surface area is 98.0 Å². The van der Waals surface area contributed by atoms with Crippen molar-refractivity contribution < 1.29 is 13.5 Å². The van der Waals surface area contributed by atoms with Crippen molar-refractivity contribution >= 4 is 5.69 Å². The van der Waals surface area contributed by atoms with E-state index in [0.29, 0.717) is 13.2 Å². The van der Waals surface area contributed by atoms with Gasteiger partial charge < -0.3 is 10.1 Å². The van der Waals surface area contributed by atoms with Crippen molar-refractivity contribution in [3.63, 3.8) is 0 Å². The highest BCUT2D eigenvalue weighted by Gasteiger charge is 2.30. The molecular weight excluding hydrogens is 226 g/mol. The Morgan fingerprint density at radius 3 is 2.76 bits per heavy atom. The smallest absolute Gasteiger partial charge is 0.183 e. The summed E-state index contributed by atoms with van der Waals surface area (Å²) in [7, 11) is 0. The lowest BCUT2D eigenvalue weighted by Crippen LogP contribution is -2.35. The molecule has 0 radical (unpaired) electrons. The fourth-order valence-electron chi connectivity index (χ4n) is 1.82. The van der Waals surface area contributed by atoms with E-state index in [1.807, 2.05) is 6.92 Å². The van der Waals surface area contributed by atoms with Crippen molar-refractivity contribution in [2.24, 2.45) is 0 Å². The van der Waals surface area contributed by atoms with Crippen LogP contribution in [0, 0.1) is 23.0 Å². The van der Waals surface area contributed by atoms with Crippen LogP contribution in [0.25, 0.3) is 0 Å². The van der Waals surface area contributed by atoms with Gasteiger partial charge in [-0.15, -0.1) is 0 Å². The number of rotatable bonds is 2. The summed E-state index contributed by atoms with van der Waals surface area (Å²) in [5.74, 6) is -2.13. The maximum atomic E-state index is 13.6. The molecule has 0 saturated carbocycles. The lowest BCUT2D eigenvalue weighted by molar-refractivity contribution is 0.185. The third kappa shape index (κ3) is 2.22. The lowest BCUT2D eigenvalue weighted by atomic mass is 10.0. The molecule has 17 heavy (non-hydrogen) atoms. The summed E-state index contributed by atoms with van der Waals surface area (Å²) in [5.41, 5.74) is -0.614. The van der Waals surface area contributed by atoms with Gasteiger partial charge in [0.05, 0.1) is 23.4 Å². The number of anilines is 1. The standard InChI is InChI=1S/C12H12F2N2O/c1-12(4-5-17-7-12)16-9-3-2-8(6-15)10(13)11(9)14/h2-3,16H,4-5,7H2,1H3. The van der Waals surface area contributed by atoms with Gasteiger partial charge in [0.25, 0.3) is 0 Å². The summed E-state index contributed by atoms with van der Waals surface area (Å²) in [6.07, 6.45) is 0.730. The van der Waals surface area contributed by atoms with Crippen molar-refractivity contribution in [2.45, 2.75) is 18.9 Å². The van der Waals surface area contributed by atoms with Crippen LogP contribution in [0.2, 0.25) is 0 Å². The van der Waals surface area contributed by atoms with Gasteiger partial charge >= 0.3 is 0 Å². The van der Waals surface area contributed by atoms with Gasteiger partial charge in [0, 0.05) is 6.61 Å². The quantitative estimate of drug-likeness (QED) is 0.860. The van der Waals surface area contributed by atoms with Gasteiger partial charge in [0.1, 0.15) is 6.07 Å². The molecule has 0 aliphatic carbocycles. The highest BCUT2D eigenvalue weighted by atomic mass is 19.2. The molecule has 1 aromatic carbocycles. The van der Waals surface area contributed by atoms with Gasteiger partial charge in [-0.25, -0.2) is 8.78 Å². The average Bonchev–Trinajstić information content (AvgIpc) is 2.72. The molecule has 0 amide bonds. The topological polar surface area (TPSA) is 45.0 Å². The summed E-state index contributed by atoms with van der Waals surface area (Å²) in [4.78, 5) is 0. The second kappa shape index (κ2) is 4.30. The maximum Gasteiger partial charge on any atom is 0.183 e. The SMILES string of the molecule is CC1(Nc2ccc(C#N)c(F)c2F)CCOC1. The Hall–Kier alpha value is -1.67. The number of hydrogen-bond donors (Lipinski definition) is 1. The molecule has 1 atom stereocenters. The van der Waals surface area contributed by atoms with E-state index >= 15 is 0 Å². The van der Waals surface area contributed by atoms with Crippen molar-refractivity contribution in [2.75, 3.05) is 18.5 Å². The Kier molecular flexibility index (Phi) is 2.99. The van der Waals surface area contributed by atoms with Crippen LogP contribution in [-0.4, -0.2) is 18.8 Å². The summed E-state index contributed by atoms with van der Waals surface area (Å²) in [5, 5.41) is 11.5. The van der Waals surface area contributed by atoms with Crippen LogP contribution in [-0.2, 0) is 4.74 Å². The number of benzene rings is 1. The first-order valence-electron chi connectivity index (χ1n) is 5.30. The van der Waals surface area contributed by atoms with Crippen LogP contribution >= 0.6 is 0 Å². The van der Waals surface area contributed by atoms with Gasteiger partial charge in [-0.2, -0.15) is 5.26 Å². The number of hydrogen-bond acceptors (Lipinski definition) is 3. The highest BCUT2D eigenvalue weighted by molar-refractivity contribution is 5.51. The zero-order valence-corrected chi connectivity index (χ0v) is 9.39. The molecule has 5 heteroatoms. The molecule has 1 fully saturated rings. The lowest BCUT2D eigenvalue weighted by Gasteiger charge is -2.25. The van der Waals surface area contributed by atoms with E-state index in [0.717, 1.165) is 6.42 Å². The van der Waals surface area contributed by atoms with E-state index in [4.69, 9.17) is 10.00 Å². The van der Waals surface area contributed by atoms with Crippen LogP contribution in [0.1, 0.15) is 18.9 Å². The molecule has 0 bridgehead atoms. The Morgan fingerprint density at radius 2 is 2.18 bits per heavy atom. The minimum absolute atomic E-state index is 0.0644. The molecule has 0 spiro atoms. The van der Waals surface area contributed by atoms with Gasteiger partial charge in [-0.05, 0) is 25.5 Å². The summed E-state index contributed by atoms with van der Waals surface area (Å²) in [6, 6.07) is 4.24. The van der Waals surface area contributed by atoms with E-state index in [-0.39, 0.29) is 16.8 Å². The first kappa shape index (κ1) is 11.8. The van der Waals surface area contributed by atoms with Crippen molar-refractivity contribution in [3.05, 3.63) is 29.3 Å².